The van der Waals surface area contributed by atoms with Gasteiger partial charge in [-0.25, -0.2) is 20.0 Å². The van der Waals surface area contributed by atoms with Gasteiger partial charge < -0.3 is 20.1 Å². The molecular weight excluding hydrogens is 338 g/mol. The van der Waals surface area contributed by atoms with Gasteiger partial charge in [0.25, 0.3) is 0 Å². The zero-order valence-corrected chi connectivity index (χ0v) is 14.0. The molecule has 0 spiro atoms. The van der Waals surface area contributed by atoms with Gasteiger partial charge in [0.2, 0.25) is 0 Å². The highest BCUT2D eigenvalue weighted by Crippen LogP contribution is 2.43. The van der Waals surface area contributed by atoms with Crippen molar-refractivity contribution in [2.45, 2.75) is 36.5 Å². The van der Waals surface area contributed by atoms with E-state index in [1.165, 1.54) is 12.7 Å². The molecule has 0 amide bonds. The summed E-state index contributed by atoms with van der Waals surface area (Å²) in [4.78, 5) is 16.7. The third-order valence-corrected chi connectivity index (χ3v) is 5.10. The molecule has 9 nitrogen and oxygen atoms in total. The first-order chi connectivity index (χ1) is 12.4. The normalized spacial score (nSPS) is 38.3. The summed E-state index contributed by atoms with van der Waals surface area (Å²) in [7, 11) is 0. The van der Waals surface area contributed by atoms with E-state index in [0.717, 1.165) is 0 Å². The van der Waals surface area contributed by atoms with Gasteiger partial charge in [-0.3, -0.25) is 5.73 Å². The summed E-state index contributed by atoms with van der Waals surface area (Å²) in [5, 5.41) is 30.3. The van der Waals surface area contributed by atoms with Crippen molar-refractivity contribution in [1.82, 2.24) is 0 Å². The number of aliphatic hydroxyl groups excluding tert-OH is 3. The lowest BCUT2D eigenvalue weighted by atomic mass is 9.80. The van der Waals surface area contributed by atoms with Crippen molar-refractivity contribution in [3.05, 3.63) is 35.4 Å². The minimum atomic E-state index is -1.36. The highest BCUT2D eigenvalue weighted by molar-refractivity contribution is 6.50. The van der Waals surface area contributed by atoms with Gasteiger partial charge >= 0.3 is 0 Å². The Labute approximate surface area is 149 Å². The van der Waals surface area contributed by atoms with Gasteiger partial charge in [0, 0.05) is 5.56 Å². The predicted molar refractivity (Wildman–Crippen MR) is 95.5 cm³/mol. The molecule has 1 saturated heterocycles. The van der Waals surface area contributed by atoms with E-state index in [-0.39, 0.29) is 0 Å². The Morgan fingerprint density at radius 3 is 2.58 bits per heavy atom. The molecule has 3 aliphatic heterocycles. The number of hydrogen-bond donors (Lipinski definition) is 4. The Morgan fingerprint density at radius 1 is 1.15 bits per heavy atom. The summed E-state index contributed by atoms with van der Waals surface area (Å²) < 4.78 is 5.84. The van der Waals surface area contributed by atoms with Crippen LogP contribution >= 0.6 is 0 Å². The van der Waals surface area contributed by atoms with Crippen LogP contribution in [0, 0.1) is 0 Å². The number of aliphatic imine (C=N–C) groups is 4. The zero-order valence-electron chi connectivity index (χ0n) is 14.0. The molecule has 4 rings (SSSR count). The first-order valence-electron chi connectivity index (χ1n) is 8.18. The largest absolute Gasteiger partial charge is 0.394 e. The molecule has 136 valence electrons. The van der Waals surface area contributed by atoms with Gasteiger partial charge in [0.1, 0.15) is 42.3 Å². The van der Waals surface area contributed by atoms with Crippen LogP contribution in [0.15, 0.2) is 44.2 Å². The average Bonchev–Trinajstić information content (AvgIpc) is 3.22. The van der Waals surface area contributed by atoms with Crippen LogP contribution < -0.4 is 5.73 Å². The second kappa shape index (κ2) is 5.86. The number of aliphatic hydroxyl groups is 3. The second-order valence-electron chi connectivity index (χ2n) is 6.61. The fourth-order valence-electron chi connectivity index (χ4n) is 3.66. The number of nitrogens with zero attached hydrogens (tertiary/aromatic N) is 4. The monoisotopic (exact) mass is 357 g/mol. The predicted octanol–water partition coefficient (Wildman–Crippen LogP) is -0.950. The molecule has 0 aromatic heterocycles. The molecule has 1 fully saturated rings. The number of rotatable bonds is 3. The minimum absolute atomic E-state index is 0.378. The van der Waals surface area contributed by atoms with Crippen molar-refractivity contribution in [2.75, 3.05) is 6.61 Å². The van der Waals surface area contributed by atoms with E-state index in [4.69, 9.17) is 10.5 Å². The maximum absolute atomic E-state index is 10.6. The van der Waals surface area contributed by atoms with Gasteiger partial charge in [0.05, 0.1) is 6.61 Å². The lowest BCUT2D eigenvalue weighted by molar-refractivity contribution is -0.0864. The standard InChI is InChI=1S/C17H19N5O4/c1-16(14(25)12(24)11(6-23)26-16)9-4-2-3-5-10(9)17(18)13-15(20-7-19-13)21-8-22-17/h2-5,7-8,11-12,14,23-25H,6,18H2,1H3/t11-,12-,14-,16?,17?/m1/s1. The molecule has 9 heteroatoms. The summed E-state index contributed by atoms with van der Waals surface area (Å²) in [5.74, 6) is 0.378. The summed E-state index contributed by atoms with van der Waals surface area (Å²) in [6.07, 6.45) is -0.706. The maximum Gasteiger partial charge on any atom is 0.182 e. The van der Waals surface area contributed by atoms with Crippen LogP contribution in [0.1, 0.15) is 18.1 Å². The summed E-state index contributed by atoms with van der Waals surface area (Å²) in [5.41, 5.74) is 5.42. The van der Waals surface area contributed by atoms with Gasteiger partial charge in [-0.05, 0) is 12.5 Å². The number of fused-ring (bicyclic) bond motifs is 1. The van der Waals surface area contributed by atoms with Crippen molar-refractivity contribution in [1.29, 1.82) is 0 Å². The fraction of sp³-hybridized carbons (Fsp3) is 0.412. The summed E-state index contributed by atoms with van der Waals surface area (Å²) in [6.45, 7) is 1.23. The van der Waals surface area contributed by atoms with Crippen LogP contribution in [0.25, 0.3) is 0 Å². The van der Waals surface area contributed by atoms with E-state index in [0.29, 0.717) is 22.7 Å². The topological polar surface area (TPSA) is 145 Å². The number of amidine groups is 1. The van der Waals surface area contributed by atoms with Crippen LogP contribution in [0.2, 0.25) is 0 Å². The molecule has 1 aromatic rings. The SMILES string of the molecule is CC1(c2ccccc2C2(N)N=CN=C3N=CN=C32)O[C@H](CO)[C@@H](O)[C@H]1O. The van der Waals surface area contributed by atoms with Crippen LogP contribution in [-0.2, 0) is 16.0 Å². The molecule has 5 N–H and O–H groups in total. The highest BCUT2D eigenvalue weighted by Gasteiger charge is 2.54. The molecule has 2 unspecified atom stereocenters. The van der Waals surface area contributed by atoms with Crippen molar-refractivity contribution in [2.24, 2.45) is 25.7 Å². The van der Waals surface area contributed by atoms with Crippen LogP contribution in [-0.4, -0.2) is 64.5 Å². The van der Waals surface area contributed by atoms with Gasteiger partial charge in [-0.1, -0.05) is 24.3 Å². The Hall–Kier alpha value is -2.30. The smallest absolute Gasteiger partial charge is 0.182 e. The van der Waals surface area contributed by atoms with Crippen LogP contribution in [0.4, 0.5) is 0 Å². The lowest BCUT2D eigenvalue weighted by Crippen LogP contribution is -2.50. The van der Waals surface area contributed by atoms with E-state index in [1.54, 1.807) is 31.2 Å². The molecule has 26 heavy (non-hydrogen) atoms. The molecule has 0 radical (unpaired) electrons. The van der Waals surface area contributed by atoms with Gasteiger partial charge in [0.15, 0.2) is 11.5 Å². The van der Waals surface area contributed by atoms with Crippen LogP contribution in [0.5, 0.6) is 0 Å². The number of nitrogens with two attached hydrogens (primary N) is 1. The number of ether oxygens (including phenoxy) is 1. The maximum atomic E-state index is 10.6. The molecule has 3 aliphatic rings. The molecule has 3 heterocycles. The van der Waals surface area contributed by atoms with Gasteiger partial charge in [-0.2, -0.15) is 0 Å². The summed E-state index contributed by atoms with van der Waals surface area (Å²) >= 11 is 0. The van der Waals surface area contributed by atoms with E-state index in [9.17, 15) is 15.3 Å². The van der Waals surface area contributed by atoms with Gasteiger partial charge in [-0.15, -0.1) is 0 Å². The molecule has 0 aliphatic carbocycles. The molecule has 1 aromatic carbocycles. The van der Waals surface area contributed by atoms with E-state index >= 15 is 0 Å². The quantitative estimate of drug-likeness (QED) is 0.551. The molecule has 5 atom stereocenters. The minimum Gasteiger partial charge on any atom is -0.394 e. The van der Waals surface area contributed by atoms with E-state index in [1.807, 2.05) is 0 Å². The van der Waals surface area contributed by atoms with E-state index in [2.05, 4.69) is 20.0 Å². The van der Waals surface area contributed by atoms with Crippen LogP contribution in [0.3, 0.4) is 0 Å². The third-order valence-electron chi connectivity index (χ3n) is 5.10. The van der Waals surface area contributed by atoms with Crippen molar-refractivity contribution in [3.63, 3.8) is 0 Å². The lowest BCUT2D eigenvalue weighted by Gasteiger charge is -2.35. The Bertz CT molecular complexity index is 866. The molecule has 0 bridgehead atoms. The first kappa shape index (κ1) is 17.1. The Kier molecular flexibility index (Phi) is 3.86. The van der Waals surface area contributed by atoms with Crippen molar-refractivity contribution in [3.8, 4) is 0 Å². The molecule has 0 saturated carbocycles. The Morgan fingerprint density at radius 2 is 1.88 bits per heavy atom. The number of benzene rings is 1. The summed E-state index contributed by atoms with van der Waals surface area (Å²) in [6, 6.07) is 7.07. The van der Waals surface area contributed by atoms with E-state index < -0.39 is 36.2 Å². The molecular formula is C17H19N5O4. The average molecular weight is 357 g/mol. The first-order valence-corrected chi connectivity index (χ1v) is 8.18. The number of hydrogen-bond acceptors (Lipinski definition) is 9. The Balaban J connectivity index is 1.85. The third kappa shape index (κ3) is 2.22. The zero-order chi connectivity index (χ0) is 18.5. The second-order valence-corrected chi connectivity index (χ2v) is 6.61. The fourth-order valence-corrected chi connectivity index (χ4v) is 3.66. The van der Waals surface area contributed by atoms with Crippen molar-refractivity contribution < 1.29 is 20.1 Å². The van der Waals surface area contributed by atoms with Crippen molar-refractivity contribution >= 4 is 24.2 Å². The highest BCUT2D eigenvalue weighted by atomic mass is 16.6.